The van der Waals surface area contributed by atoms with Crippen LogP contribution in [0, 0.1) is 5.82 Å². The molecule has 1 atom stereocenters. The van der Waals surface area contributed by atoms with Crippen molar-refractivity contribution in [2.75, 3.05) is 13.7 Å². The average Bonchev–Trinajstić information content (AvgIpc) is 3.40. The number of esters is 1. The molecule has 0 saturated carbocycles. The Morgan fingerprint density at radius 1 is 1.23 bits per heavy atom. The highest BCUT2D eigenvalue weighted by atomic mass is 32.1. The fourth-order valence-electron chi connectivity index (χ4n) is 3.12. The van der Waals surface area contributed by atoms with E-state index in [2.05, 4.69) is 20.2 Å². The molecule has 0 aliphatic carbocycles. The number of nitrogens with zero attached hydrogens (tertiary/aromatic N) is 6. The maximum atomic E-state index is 13.7. The second kappa shape index (κ2) is 9.13. The summed E-state index contributed by atoms with van der Waals surface area (Å²) in [6.45, 7) is 3.89. The Balaban J connectivity index is 0.00000272. The van der Waals surface area contributed by atoms with E-state index >= 15 is 0 Å². The molecule has 0 amide bonds. The average molecular weight is 444 g/mol. The Labute approximate surface area is 184 Å². The zero-order valence-corrected chi connectivity index (χ0v) is 18.1. The van der Waals surface area contributed by atoms with Gasteiger partial charge in [0, 0.05) is 6.20 Å². The van der Waals surface area contributed by atoms with Gasteiger partial charge in [-0.2, -0.15) is 28.7 Å². The van der Waals surface area contributed by atoms with E-state index in [1.807, 2.05) is 13.0 Å². The first-order chi connectivity index (χ1) is 14.5. The number of hydrogen-bond acceptors (Lipinski definition) is 7. The van der Waals surface area contributed by atoms with Crippen molar-refractivity contribution in [3.8, 4) is 11.8 Å². The van der Waals surface area contributed by atoms with E-state index in [1.54, 1.807) is 23.9 Å². The van der Waals surface area contributed by atoms with Gasteiger partial charge in [-0.15, -0.1) is 0 Å². The van der Waals surface area contributed by atoms with Crippen LogP contribution in [0.3, 0.4) is 0 Å². The van der Waals surface area contributed by atoms with Gasteiger partial charge in [0.1, 0.15) is 16.9 Å². The predicted molar refractivity (Wildman–Crippen MR) is 116 cm³/mol. The van der Waals surface area contributed by atoms with Gasteiger partial charge in [-0.1, -0.05) is 12.1 Å². The van der Waals surface area contributed by atoms with Crippen LogP contribution in [0.4, 0.5) is 4.39 Å². The molecule has 0 aliphatic rings. The van der Waals surface area contributed by atoms with Gasteiger partial charge >= 0.3 is 5.97 Å². The van der Waals surface area contributed by atoms with Crippen molar-refractivity contribution in [3.05, 3.63) is 59.8 Å². The number of carbonyl (C=O) groups excluding carboxylic acids is 1. The number of rotatable bonds is 6. The van der Waals surface area contributed by atoms with Crippen LogP contribution in [-0.4, -0.2) is 49.2 Å². The lowest BCUT2D eigenvalue weighted by atomic mass is 10.1. The molecule has 9 nitrogen and oxygen atoms in total. The van der Waals surface area contributed by atoms with E-state index in [0.717, 1.165) is 5.56 Å². The summed E-state index contributed by atoms with van der Waals surface area (Å²) >= 11 is 0. The highest BCUT2D eigenvalue weighted by Gasteiger charge is 2.20. The third-order valence-electron chi connectivity index (χ3n) is 4.59. The summed E-state index contributed by atoms with van der Waals surface area (Å²) < 4.78 is 27.1. The van der Waals surface area contributed by atoms with Gasteiger partial charge in [-0.05, 0) is 31.5 Å². The first kappa shape index (κ1) is 22.2. The van der Waals surface area contributed by atoms with Gasteiger partial charge in [0.05, 0.1) is 37.7 Å². The van der Waals surface area contributed by atoms with Gasteiger partial charge in [0.25, 0.3) is 5.95 Å². The molecule has 4 rings (SSSR count). The molecule has 0 radical (unpaired) electrons. The molecule has 0 spiro atoms. The van der Waals surface area contributed by atoms with Crippen molar-refractivity contribution >= 4 is 30.5 Å². The van der Waals surface area contributed by atoms with Crippen LogP contribution in [0.5, 0.6) is 5.88 Å². The van der Waals surface area contributed by atoms with Gasteiger partial charge < -0.3 is 9.47 Å². The molecule has 11 heteroatoms. The van der Waals surface area contributed by atoms with Crippen LogP contribution < -0.4 is 4.74 Å². The molecule has 0 N–H and O–H groups in total. The maximum Gasteiger partial charge on any atom is 0.341 e. The van der Waals surface area contributed by atoms with E-state index in [0.29, 0.717) is 11.0 Å². The Morgan fingerprint density at radius 2 is 2.03 bits per heavy atom. The molecule has 0 bridgehead atoms. The molecule has 4 aromatic rings. The molecular formula is C20H21FN6O3S. The predicted octanol–water partition coefficient (Wildman–Crippen LogP) is 3.06. The fourth-order valence-corrected chi connectivity index (χ4v) is 3.12. The summed E-state index contributed by atoms with van der Waals surface area (Å²) in [5.74, 6) is -0.303. The van der Waals surface area contributed by atoms with Crippen LogP contribution in [-0.2, 0) is 4.74 Å². The zero-order chi connectivity index (χ0) is 21.3. The SMILES string of the molecule is CCOC(=O)c1cnn(-c2nc(OC)c3c(cnn3[C@@H](C)c3cccc(F)c3)n2)c1.S. The Hall–Kier alpha value is -3.47. The normalized spacial score (nSPS) is 11.7. The number of halogens is 1. The standard InChI is InChI=1S/C20H19FN6O3.H2S/c1-4-30-19(28)14-9-22-26(11-14)20-24-16-10-23-27(17(16)18(25-20)29-3)12(2)13-6-5-7-15(21)8-13;/h5-12H,4H2,1-3H3;1H2/t12-;/m0./s1. The third kappa shape index (κ3) is 4.22. The lowest BCUT2D eigenvalue weighted by Gasteiger charge is -2.15. The largest absolute Gasteiger partial charge is 0.479 e. The van der Waals surface area contributed by atoms with Crippen molar-refractivity contribution in [3.63, 3.8) is 0 Å². The third-order valence-corrected chi connectivity index (χ3v) is 4.59. The van der Waals surface area contributed by atoms with Gasteiger partial charge in [0.15, 0.2) is 0 Å². The Bertz CT molecular complexity index is 1220. The van der Waals surface area contributed by atoms with Crippen LogP contribution in [0.25, 0.3) is 17.0 Å². The van der Waals surface area contributed by atoms with Crippen molar-refractivity contribution in [1.29, 1.82) is 0 Å². The maximum absolute atomic E-state index is 13.7. The lowest BCUT2D eigenvalue weighted by Crippen LogP contribution is -2.11. The first-order valence-electron chi connectivity index (χ1n) is 9.28. The molecule has 0 aliphatic heterocycles. The molecule has 0 unspecified atom stereocenters. The second-order valence-electron chi connectivity index (χ2n) is 6.48. The second-order valence-corrected chi connectivity index (χ2v) is 6.48. The topological polar surface area (TPSA) is 97.0 Å². The van der Waals surface area contributed by atoms with E-state index in [-0.39, 0.29) is 49.4 Å². The quantitative estimate of drug-likeness (QED) is 0.422. The summed E-state index contributed by atoms with van der Waals surface area (Å²) in [5, 5.41) is 8.55. The Kier molecular flexibility index (Phi) is 6.54. The summed E-state index contributed by atoms with van der Waals surface area (Å²) in [5.41, 5.74) is 2.12. The smallest absolute Gasteiger partial charge is 0.341 e. The molecular weight excluding hydrogens is 423 g/mol. The number of ether oxygens (including phenoxy) is 2. The molecule has 31 heavy (non-hydrogen) atoms. The van der Waals surface area contributed by atoms with Crippen LogP contribution in [0.2, 0.25) is 0 Å². The number of fused-ring (bicyclic) bond motifs is 1. The van der Waals surface area contributed by atoms with Crippen molar-refractivity contribution in [1.82, 2.24) is 29.5 Å². The molecule has 3 aromatic heterocycles. The molecule has 1 aromatic carbocycles. The minimum atomic E-state index is -0.478. The molecule has 0 fully saturated rings. The van der Waals surface area contributed by atoms with Crippen molar-refractivity contribution in [2.45, 2.75) is 19.9 Å². The summed E-state index contributed by atoms with van der Waals surface area (Å²) in [6, 6.07) is 6.05. The molecule has 3 heterocycles. The number of benzene rings is 1. The minimum Gasteiger partial charge on any atom is -0.479 e. The lowest BCUT2D eigenvalue weighted by molar-refractivity contribution is 0.0526. The zero-order valence-electron chi connectivity index (χ0n) is 17.1. The fraction of sp³-hybridized carbons (Fsp3) is 0.250. The monoisotopic (exact) mass is 444 g/mol. The van der Waals surface area contributed by atoms with Crippen molar-refractivity contribution in [2.24, 2.45) is 0 Å². The summed E-state index contributed by atoms with van der Waals surface area (Å²) in [6.07, 6.45) is 4.44. The number of methoxy groups -OCH3 is 1. The first-order valence-corrected chi connectivity index (χ1v) is 9.28. The van der Waals surface area contributed by atoms with Crippen LogP contribution in [0.1, 0.15) is 35.8 Å². The number of carbonyl (C=O) groups is 1. The van der Waals surface area contributed by atoms with Gasteiger partial charge in [-0.25, -0.2) is 18.9 Å². The van der Waals surface area contributed by atoms with Crippen LogP contribution >= 0.6 is 13.5 Å². The van der Waals surface area contributed by atoms with E-state index < -0.39 is 5.97 Å². The molecule has 162 valence electrons. The summed E-state index contributed by atoms with van der Waals surface area (Å²) in [7, 11) is 1.49. The highest BCUT2D eigenvalue weighted by molar-refractivity contribution is 7.59. The van der Waals surface area contributed by atoms with E-state index in [9.17, 15) is 9.18 Å². The van der Waals surface area contributed by atoms with Gasteiger partial charge in [-0.3, -0.25) is 4.68 Å². The number of hydrogen-bond donors (Lipinski definition) is 0. The number of aromatic nitrogens is 6. The Morgan fingerprint density at radius 3 is 2.74 bits per heavy atom. The van der Waals surface area contributed by atoms with Crippen LogP contribution in [0.15, 0.2) is 42.9 Å². The van der Waals surface area contributed by atoms with Gasteiger partial charge in [0.2, 0.25) is 5.88 Å². The van der Waals surface area contributed by atoms with Crippen molar-refractivity contribution < 1.29 is 18.7 Å². The molecule has 0 saturated heterocycles. The summed E-state index contributed by atoms with van der Waals surface area (Å²) in [4.78, 5) is 20.8. The minimum absolute atomic E-state index is 0. The van der Waals surface area contributed by atoms with E-state index in [4.69, 9.17) is 9.47 Å². The van der Waals surface area contributed by atoms with E-state index in [1.165, 1.54) is 36.3 Å². The highest BCUT2D eigenvalue weighted by Crippen LogP contribution is 2.28.